The van der Waals surface area contributed by atoms with Gasteiger partial charge in [-0.1, -0.05) is 84.9 Å². The summed E-state index contributed by atoms with van der Waals surface area (Å²) in [6, 6.07) is 28.8. The van der Waals surface area contributed by atoms with Gasteiger partial charge in [0.15, 0.2) is 0 Å². The molecular weight excluding hydrogens is 522 g/mol. The zero-order chi connectivity index (χ0) is 28.7. The van der Waals surface area contributed by atoms with Crippen LogP contribution in [0.4, 0.5) is 0 Å². The van der Waals surface area contributed by atoms with Gasteiger partial charge in [0.25, 0.3) is 0 Å². The lowest BCUT2D eigenvalue weighted by molar-refractivity contribution is -0.141. The van der Waals surface area contributed by atoms with Gasteiger partial charge in [-0.25, -0.2) is 8.42 Å². The second-order valence-electron chi connectivity index (χ2n) is 9.82. The first-order chi connectivity index (χ1) is 19.2. The van der Waals surface area contributed by atoms with E-state index >= 15 is 0 Å². The van der Waals surface area contributed by atoms with Gasteiger partial charge < -0.3 is 10.2 Å². The van der Waals surface area contributed by atoms with Crippen LogP contribution in [0.15, 0.2) is 102 Å². The fourth-order valence-electron chi connectivity index (χ4n) is 4.69. The Morgan fingerprint density at radius 2 is 1.50 bits per heavy atom. The highest BCUT2D eigenvalue weighted by molar-refractivity contribution is 7.89. The van der Waals surface area contributed by atoms with Crippen LogP contribution in [0, 0.1) is 6.92 Å². The largest absolute Gasteiger partial charge is 0.355 e. The van der Waals surface area contributed by atoms with Gasteiger partial charge >= 0.3 is 0 Å². The lowest BCUT2D eigenvalue weighted by atomic mass is 10.0. The third-order valence-electron chi connectivity index (χ3n) is 7.01. The molecule has 2 amide bonds. The number of amides is 2. The van der Waals surface area contributed by atoms with E-state index in [9.17, 15) is 18.0 Å². The zero-order valence-electron chi connectivity index (χ0n) is 23.1. The van der Waals surface area contributed by atoms with Crippen LogP contribution in [0.3, 0.4) is 0 Å². The molecule has 0 saturated carbocycles. The maximum Gasteiger partial charge on any atom is 0.243 e. The van der Waals surface area contributed by atoms with Gasteiger partial charge in [-0.3, -0.25) is 9.59 Å². The van der Waals surface area contributed by atoms with Crippen molar-refractivity contribution in [2.75, 3.05) is 20.1 Å². The van der Waals surface area contributed by atoms with Crippen LogP contribution in [0.1, 0.15) is 23.6 Å². The number of nitrogens with one attached hydrogen (secondary N) is 1. The van der Waals surface area contributed by atoms with Gasteiger partial charge in [0.05, 0.1) is 11.4 Å². The molecule has 0 radical (unpaired) electrons. The maximum absolute atomic E-state index is 13.9. The van der Waals surface area contributed by atoms with Gasteiger partial charge in [-0.15, -0.1) is 0 Å². The normalized spacial score (nSPS) is 12.3. The number of benzene rings is 4. The van der Waals surface area contributed by atoms with Crippen LogP contribution in [-0.2, 0) is 32.6 Å². The van der Waals surface area contributed by atoms with Crippen molar-refractivity contribution >= 4 is 32.6 Å². The maximum atomic E-state index is 13.9. The van der Waals surface area contributed by atoms with Gasteiger partial charge in [0.2, 0.25) is 21.8 Å². The van der Waals surface area contributed by atoms with Gasteiger partial charge in [0.1, 0.15) is 6.04 Å². The highest BCUT2D eigenvalue weighted by Crippen LogP contribution is 2.22. The molecule has 7 nitrogen and oxygen atoms in total. The highest BCUT2D eigenvalue weighted by Gasteiger charge is 2.33. The number of carbonyl (C=O) groups is 2. The number of rotatable bonds is 11. The van der Waals surface area contributed by atoms with Gasteiger partial charge in [-0.2, -0.15) is 4.31 Å². The summed E-state index contributed by atoms with van der Waals surface area (Å²) in [7, 11) is -2.57. The third kappa shape index (κ3) is 6.76. The summed E-state index contributed by atoms with van der Waals surface area (Å²) in [6.07, 6.45) is 0.297. The number of hydrogen-bond donors (Lipinski definition) is 1. The summed E-state index contributed by atoms with van der Waals surface area (Å²) in [6.45, 7) is 3.95. The molecule has 0 aliphatic rings. The zero-order valence-corrected chi connectivity index (χ0v) is 23.9. The average Bonchev–Trinajstić information content (AvgIpc) is 2.96. The molecule has 4 aromatic rings. The van der Waals surface area contributed by atoms with Crippen molar-refractivity contribution in [3.05, 3.63) is 114 Å². The van der Waals surface area contributed by atoms with E-state index in [1.54, 1.807) is 18.2 Å². The Morgan fingerprint density at radius 3 is 2.20 bits per heavy atom. The molecule has 1 atom stereocenters. The second kappa shape index (κ2) is 12.9. The molecule has 4 aromatic carbocycles. The number of sulfonamides is 1. The fraction of sp³-hybridized carbons (Fsp3) is 0.250. The number of hydrogen-bond acceptors (Lipinski definition) is 4. The molecular formula is C32H35N3O4S. The van der Waals surface area contributed by atoms with Crippen molar-refractivity contribution in [3.63, 3.8) is 0 Å². The average molecular weight is 558 g/mol. The number of aryl methyl sites for hydroxylation is 1. The lowest BCUT2D eigenvalue weighted by Gasteiger charge is -2.33. The van der Waals surface area contributed by atoms with Crippen molar-refractivity contribution in [1.29, 1.82) is 0 Å². The Bertz CT molecular complexity index is 1590. The fourth-order valence-corrected chi connectivity index (χ4v) is 5.85. The predicted molar refractivity (Wildman–Crippen MR) is 158 cm³/mol. The molecule has 208 valence electrons. The molecule has 0 aliphatic heterocycles. The van der Waals surface area contributed by atoms with Crippen LogP contribution in [0.2, 0.25) is 0 Å². The molecule has 0 spiro atoms. The Hall–Kier alpha value is -4.01. The first-order valence-electron chi connectivity index (χ1n) is 13.3. The minimum Gasteiger partial charge on any atom is -0.355 e. The molecule has 0 aliphatic carbocycles. The van der Waals surface area contributed by atoms with Crippen LogP contribution in [0.25, 0.3) is 10.8 Å². The molecule has 0 aromatic heterocycles. The van der Waals surface area contributed by atoms with Crippen molar-refractivity contribution in [1.82, 2.24) is 14.5 Å². The smallest absolute Gasteiger partial charge is 0.243 e. The van der Waals surface area contributed by atoms with Crippen molar-refractivity contribution in [2.45, 2.75) is 37.8 Å². The molecule has 8 heteroatoms. The SMILES string of the molecule is CCNC(=O)[C@H](Cc1ccccc1)N(Cc1ccccc1C)C(=O)CN(C)S(=O)(=O)c1ccc2ccccc2c1. The minimum atomic E-state index is -3.97. The van der Waals surface area contributed by atoms with Crippen molar-refractivity contribution in [2.24, 2.45) is 0 Å². The van der Waals surface area contributed by atoms with E-state index < -0.39 is 28.5 Å². The minimum absolute atomic E-state index is 0.108. The molecule has 0 saturated heterocycles. The number of nitrogens with zero attached hydrogens (tertiary/aromatic N) is 2. The van der Waals surface area contributed by atoms with E-state index in [-0.39, 0.29) is 17.3 Å². The number of fused-ring (bicyclic) bond motifs is 1. The molecule has 0 unspecified atom stereocenters. The predicted octanol–water partition coefficient (Wildman–Crippen LogP) is 4.54. The third-order valence-corrected chi connectivity index (χ3v) is 8.81. The Kier molecular flexibility index (Phi) is 9.34. The van der Waals surface area contributed by atoms with Crippen LogP contribution in [-0.4, -0.2) is 55.6 Å². The topological polar surface area (TPSA) is 86.8 Å². The Labute approximate surface area is 236 Å². The molecule has 0 fully saturated rings. The lowest BCUT2D eigenvalue weighted by Crippen LogP contribution is -2.53. The summed E-state index contributed by atoms with van der Waals surface area (Å²) < 4.78 is 28.1. The summed E-state index contributed by atoms with van der Waals surface area (Å²) in [5.74, 6) is -0.740. The summed E-state index contributed by atoms with van der Waals surface area (Å²) in [5.41, 5.74) is 2.77. The van der Waals surface area contributed by atoms with E-state index in [1.165, 1.54) is 11.9 Å². The Balaban J connectivity index is 1.67. The summed E-state index contributed by atoms with van der Waals surface area (Å²) >= 11 is 0. The molecule has 40 heavy (non-hydrogen) atoms. The quantitative estimate of drug-likeness (QED) is 0.293. The first-order valence-corrected chi connectivity index (χ1v) is 14.8. The molecule has 1 N–H and O–H groups in total. The van der Waals surface area contributed by atoms with Gasteiger partial charge in [-0.05, 0) is 53.4 Å². The van der Waals surface area contributed by atoms with Crippen LogP contribution in [0.5, 0.6) is 0 Å². The first kappa shape index (κ1) is 29.0. The molecule has 0 bridgehead atoms. The van der Waals surface area contributed by atoms with E-state index in [0.717, 1.165) is 31.8 Å². The monoisotopic (exact) mass is 557 g/mol. The number of carbonyl (C=O) groups excluding carboxylic acids is 2. The van der Waals surface area contributed by atoms with E-state index in [4.69, 9.17) is 0 Å². The van der Waals surface area contributed by atoms with Gasteiger partial charge in [0, 0.05) is 26.6 Å². The van der Waals surface area contributed by atoms with E-state index in [1.807, 2.05) is 92.7 Å². The van der Waals surface area contributed by atoms with E-state index in [2.05, 4.69) is 5.32 Å². The van der Waals surface area contributed by atoms with E-state index in [0.29, 0.717) is 13.0 Å². The molecule has 0 heterocycles. The molecule has 4 rings (SSSR count). The standard InChI is InChI=1S/C32H35N3O4S/c1-4-33-32(37)30(20-25-13-6-5-7-14-25)35(22-28-17-9-8-12-24(28)2)31(36)23-34(3)40(38,39)29-19-18-26-15-10-11-16-27(26)21-29/h5-19,21,30H,4,20,22-23H2,1-3H3,(H,33,37)/t30-/m0/s1. The van der Waals surface area contributed by atoms with Crippen molar-refractivity contribution in [3.8, 4) is 0 Å². The van der Waals surface area contributed by atoms with Crippen LogP contribution < -0.4 is 5.32 Å². The second-order valence-corrected chi connectivity index (χ2v) is 11.9. The highest BCUT2D eigenvalue weighted by atomic mass is 32.2. The summed E-state index contributed by atoms with van der Waals surface area (Å²) in [4.78, 5) is 28.9. The van der Waals surface area contributed by atoms with Crippen molar-refractivity contribution < 1.29 is 18.0 Å². The summed E-state index contributed by atoms with van der Waals surface area (Å²) in [5, 5.41) is 4.58. The number of likely N-dealkylation sites (N-methyl/N-ethyl adjacent to an activating group) is 2. The Morgan fingerprint density at radius 1 is 0.850 bits per heavy atom. The van der Waals surface area contributed by atoms with Crippen LogP contribution >= 0.6 is 0 Å².